The molecule has 2 aromatic carbocycles. The first-order chi connectivity index (χ1) is 16.8. The molecular formula is C25H27BrN4O5. The molecule has 1 atom stereocenters. The average Bonchev–Trinajstić information content (AvgIpc) is 2.81. The number of aromatic amines is 1. The number of halogens is 1. The number of aliphatic carboxylic acids is 1. The number of hydrogen-bond acceptors (Lipinski definition) is 5. The van der Waals surface area contributed by atoms with Crippen LogP contribution in [0.3, 0.4) is 0 Å². The summed E-state index contributed by atoms with van der Waals surface area (Å²) in [5, 5.41) is 11.8. The van der Waals surface area contributed by atoms with E-state index in [0.29, 0.717) is 55.4 Å². The maximum Gasteiger partial charge on any atom is 0.317 e. The highest BCUT2D eigenvalue weighted by Gasteiger charge is 2.26. The van der Waals surface area contributed by atoms with Crippen molar-refractivity contribution in [1.82, 2.24) is 9.55 Å². The fraction of sp³-hybridized carbons (Fsp3) is 0.360. The number of carboxylic acids is 1. The van der Waals surface area contributed by atoms with Crippen molar-refractivity contribution in [1.29, 1.82) is 0 Å². The lowest BCUT2D eigenvalue weighted by atomic mass is 9.96. The smallest absolute Gasteiger partial charge is 0.317 e. The molecule has 0 radical (unpaired) electrons. The van der Waals surface area contributed by atoms with Gasteiger partial charge in [0.25, 0.3) is 0 Å². The molecule has 1 aliphatic heterocycles. The Kier molecular flexibility index (Phi) is 7.51. The van der Waals surface area contributed by atoms with E-state index in [9.17, 15) is 19.2 Å². The molecule has 0 saturated heterocycles. The van der Waals surface area contributed by atoms with Gasteiger partial charge in [0.2, 0.25) is 5.91 Å². The number of carbonyl (C=O) groups is 2. The van der Waals surface area contributed by atoms with Crippen LogP contribution in [0.5, 0.6) is 0 Å². The number of rotatable bonds is 9. The van der Waals surface area contributed by atoms with E-state index in [1.165, 1.54) is 4.57 Å². The van der Waals surface area contributed by atoms with Crippen molar-refractivity contribution in [2.45, 2.75) is 57.5 Å². The molecule has 4 rings (SSSR count). The van der Waals surface area contributed by atoms with E-state index in [0.717, 1.165) is 21.2 Å². The van der Waals surface area contributed by atoms with Gasteiger partial charge in [-0.3, -0.25) is 23.7 Å². The molecule has 0 spiro atoms. The number of unbranched alkanes of at least 4 members (excludes halogenated alkanes) is 1. The van der Waals surface area contributed by atoms with Crippen LogP contribution in [0.15, 0.2) is 44.4 Å². The molecule has 184 valence electrons. The molecule has 2 heterocycles. The van der Waals surface area contributed by atoms with Crippen molar-refractivity contribution in [3.63, 3.8) is 0 Å². The van der Waals surface area contributed by atoms with Crippen molar-refractivity contribution in [3.8, 4) is 0 Å². The lowest BCUT2D eigenvalue weighted by Gasteiger charge is -2.27. The summed E-state index contributed by atoms with van der Waals surface area (Å²) in [6, 6.07) is 8.82. The number of nitrogens with two attached hydrogens (primary N) is 1. The van der Waals surface area contributed by atoms with Gasteiger partial charge in [0.05, 0.1) is 11.0 Å². The van der Waals surface area contributed by atoms with Crippen LogP contribution >= 0.6 is 15.9 Å². The molecule has 5 N–H and O–H groups in total. The molecule has 1 aliphatic rings. The van der Waals surface area contributed by atoms with E-state index in [-0.39, 0.29) is 18.7 Å². The van der Waals surface area contributed by atoms with E-state index < -0.39 is 23.1 Å². The number of H-pyrrole nitrogens is 1. The Bertz CT molecular complexity index is 1410. The number of nitrogens with zero attached hydrogens (tertiary/aromatic N) is 1. The minimum Gasteiger partial charge on any atom is -0.481 e. The molecule has 10 heteroatoms. The summed E-state index contributed by atoms with van der Waals surface area (Å²) in [6.45, 7) is 0.357. The van der Waals surface area contributed by atoms with Gasteiger partial charge in [0, 0.05) is 35.6 Å². The number of benzene rings is 2. The van der Waals surface area contributed by atoms with Crippen LogP contribution in [-0.2, 0) is 29.0 Å². The number of nitrogens with one attached hydrogen (secondary N) is 2. The molecule has 0 fully saturated rings. The monoisotopic (exact) mass is 542 g/mol. The molecule has 1 amide bonds. The second kappa shape index (κ2) is 10.6. The Morgan fingerprint density at radius 1 is 1.20 bits per heavy atom. The zero-order chi connectivity index (χ0) is 25.1. The van der Waals surface area contributed by atoms with Crippen LogP contribution in [-0.4, -0.2) is 26.5 Å². The molecular weight excluding hydrogens is 516 g/mol. The lowest BCUT2D eigenvalue weighted by Crippen LogP contribution is -2.41. The summed E-state index contributed by atoms with van der Waals surface area (Å²) in [6.07, 6.45) is 3.19. The highest BCUT2D eigenvalue weighted by molar-refractivity contribution is 9.10. The van der Waals surface area contributed by atoms with Gasteiger partial charge in [-0.2, -0.15) is 0 Å². The molecule has 9 nitrogen and oxygen atoms in total. The number of amides is 1. The predicted octanol–water partition coefficient (Wildman–Crippen LogP) is 3.22. The van der Waals surface area contributed by atoms with Crippen molar-refractivity contribution in [2.75, 3.05) is 5.32 Å². The van der Waals surface area contributed by atoms with Crippen LogP contribution < -0.4 is 22.2 Å². The first-order valence-electron chi connectivity index (χ1n) is 11.6. The molecule has 35 heavy (non-hydrogen) atoms. The Balaban J connectivity index is 1.56. The van der Waals surface area contributed by atoms with Gasteiger partial charge in [0.1, 0.15) is 0 Å². The van der Waals surface area contributed by atoms with Gasteiger partial charge in [-0.1, -0.05) is 28.1 Å². The van der Waals surface area contributed by atoms with Crippen LogP contribution in [0.2, 0.25) is 0 Å². The third kappa shape index (κ3) is 5.54. The number of anilines is 1. The molecule has 0 bridgehead atoms. The minimum atomic E-state index is -0.834. The zero-order valence-corrected chi connectivity index (χ0v) is 20.7. The van der Waals surface area contributed by atoms with Crippen LogP contribution in [0.25, 0.3) is 11.0 Å². The van der Waals surface area contributed by atoms with Crippen LogP contribution in [0, 0.1) is 0 Å². The second-order valence-electron chi connectivity index (χ2n) is 8.83. The number of carbonyl (C=O) groups excluding carboxylic acids is 1. The highest BCUT2D eigenvalue weighted by Crippen LogP contribution is 2.32. The first kappa shape index (κ1) is 24.9. The van der Waals surface area contributed by atoms with Gasteiger partial charge in [0.15, 0.2) is 0 Å². The van der Waals surface area contributed by atoms with Crippen molar-refractivity contribution in [2.24, 2.45) is 5.73 Å². The summed E-state index contributed by atoms with van der Waals surface area (Å²) < 4.78 is 2.28. The second-order valence-corrected chi connectivity index (χ2v) is 9.75. The summed E-state index contributed by atoms with van der Waals surface area (Å²) in [4.78, 5) is 51.6. The number of aryl methyl sites for hydroxylation is 2. The minimum absolute atomic E-state index is 0.0467. The normalized spacial score (nSPS) is 14.7. The Morgan fingerprint density at radius 3 is 2.74 bits per heavy atom. The fourth-order valence-corrected chi connectivity index (χ4v) is 5.22. The maximum atomic E-state index is 13.1. The predicted molar refractivity (Wildman–Crippen MR) is 137 cm³/mol. The standard InChI is InChI=1S/C25H27BrN4O5/c26-17-10-16-6-7-18(30-23(16)20(11-17)29-24(34)25(30)35)12-21(31)28-19-8-5-14(13-27)9-15(19)3-1-2-4-22(32)33/h5,8-11,18H,1-4,6-7,12-13,27H2,(H,28,31)(H,29,34)(H,32,33)/t18-/m0/s1. The van der Waals surface area contributed by atoms with Crippen LogP contribution in [0.4, 0.5) is 5.69 Å². The average molecular weight is 543 g/mol. The molecule has 3 aromatic rings. The summed E-state index contributed by atoms with van der Waals surface area (Å²) in [5.41, 5.74) is 9.02. The molecule has 1 aromatic heterocycles. The van der Waals surface area contributed by atoms with E-state index in [1.54, 1.807) is 12.1 Å². The van der Waals surface area contributed by atoms with E-state index in [1.807, 2.05) is 18.2 Å². The SMILES string of the molecule is NCc1ccc(NC(=O)C[C@@H]2CCc3cc(Br)cc4[nH]c(=O)c(=O)n2c34)c(CCCCC(=O)O)c1. The zero-order valence-electron chi connectivity index (χ0n) is 19.1. The number of carboxylic acid groups (broad SMARTS) is 1. The van der Waals surface area contributed by atoms with Gasteiger partial charge in [-0.15, -0.1) is 0 Å². The largest absolute Gasteiger partial charge is 0.481 e. The quantitative estimate of drug-likeness (QED) is 0.241. The van der Waals surface area contributed by atoms with Crippen molar-refractivity contribution < 1.29 is 14.7 Å². The highest BCUT2D eigenvalue weighted by atomic mass is 79.9. The lowest BCUT2D eigenvalue weighted by molar-refractivity contribution is -0.137. The van der Waals surface area contributed by atoms with Crippen molar-refractivity contribution >= 4 is 44.5 Å². The Morgan fingerprint density at radius 2 is 2.00 bits per heavy atom. The van der Waals surface area contributed by atoms with Gasteiger partial charge in [-0.05, 0) is 67.0 Å². The summed E-state index contributed by atoms with van der Waals surface area (Å²) in [5.74, 6) is -1.09. The first-order valence-corrected chi connectivity index (χ1v) is 12.4. The molecule has 0 unspecified atom stereocenters. The molecule has 0 saturated carbocycles. The van der Waals surface area contributed by atoms with Gasteiger partial charge >= 0.3 is 17.1 Å². The Hall–Kier alpha value is -3.24. The summed E-state index contributed by atoms with van der Waals surface area (Å²) >= 11 is 3.44. The van der Waals surface area contributed by atoms with E-state index in [4.69, 9.17) is 10.8 Å². The van der Waals surface area contributed by atoms with Gasteiger partial charge in [-0.25, -0.2) is 0 Å². The topological polar surface area (TPSA) is 147 Å². The van der Waals surface area contributed by atoms with Crippen molar-refractivity contribution in [3.05, 3.63) is 72.2 Å². The van der Waals surface area contributed by atoms with Crippen LogP contribution in [0.1, 0.15) is 54.8 Å². The van der Waals surface area contributed by atoms with E-state index >= 15 is 0 Å². The third-order valence-electron chi connectivity index (χ3n) is 6.36. The molecule has 0 aliphatic carbocycles. The Labute approximate surface area is 209 Å². The summed E-state index contributed by atoms with van der Waals surface area (Å²) in [7, 11) is 0. The maximum absolute atomic E-state index is 13.1. The fourth-order valence-electron chi connectivity index (χ4n) is 4.72. The van der Waals surface area contributed by atoms with Gasteiger partial charge < -0.3 is 21.1 Å². The number of aromatic nitrogens is 2. The van der Waals surface area contributed by atoms with E-state index in [2.05, 4.69) is 26.2 Å². The third-order valence-corrected chi connectivity index (χ3v) is 6.81. The number of hydrogen-bond donors (Lipinski definition) is 4.